The highest BCUT2D eigenvalue weighted by Crippen LogP contribution is 2.35. The first kappa shape index (κ1) is 31.8. The molecule has 6 rings (SSSR count). The molecule has 2 aliphatic heterocycles. The summed E-state index contributed by atoms with van der Waals surface area (Å²) >= 11 is 0. The molecule has 0 aromatic heterocycles. The number of amides is 3. The number of para-hydroxylation sites is 1. The lowest BCUT2D eigenvalue weighted by Crippen LogP contribution is -2.55. The van der Waals surface area contributed by atoms with Crippen LogP contribution in [0.2, 0.25) is 0 Å². The third-order valence-electron chi connectivity index (χ3n) is 8.89. The maximum absolute atomic E-state index is 14.5. The van der Waals surface area contributed by atoms with Gasteiger partial charge in [0, 0.05) is 19.4 Å². The van der Waals surface area contributed by atoms with Crippen molar-refractivity contribution in [2.24, 2.45) is 0 Å². The van der Waals surface area contributed by atoms with Crippen molar-refractivity contribution in [2.45, 2.75) is 64.3 Å². The average molecular weight is 634 g/mol. The fraction of sp³-hybridized carbons (Fsp3) is 0.316. The summed E-state index contributed by atoms with van der Waals surface area (Å²) in [7, 11) is 0. The average Bonchev–Trinajstić information content (AvgIpc) is 3.45. The quantitative estimate of drug-likeness (QED) is 0.258. The number of carbonyl (C=O) groups is 4. The van der Waals surface area contributed by atoms with Crippen LogP contribution < -0.4 is 4.90 Å². The molecule has 0 spiro atoms. The van der Waals surface area contributed by atoms with Crippen molar-refractivity contribution in [3.8, 4) is 0 Å². The van der Waals surface area contributed by atoms with Gasteiger partial charge in [0.2, 0.25) is 5.91 Å². The minimum absolute atomic E-state index is 0.0776. The summed E-state index contributed by atoms with van der Waals surface area (Å²) in [6.07, 6.45) is -0.864. The number of ketones is 1. The van der Waals surface area contributed by atoms with Crippen LogP contribution in [0.5, 0.6) is 0 Å². The van der Waals surface area contributed by atoms with Crippen LogP contribution in [0.15, 0.2) is 91.0 Å². The van der Waals surface area contributed by atoms with Gasteiger partial charge in [-0.3, -0.25) is 19.4 Å². The SMILES string of the molecule is CC(C)(C)OC(=O)N1c2ccccc2C[C@@H]1C(=O)N(CCc1ccccc1)CC(=O)C1Cc2c(ccc3ccccc23)CN1C(=O)O. The molecule has 9 heteroatoms. The first-order valence-electron chi connectivity index (χ1n) is 15.9. The van der Waals surface area contributed by atoms with Gasteiger partial charge in [-0.2, -0.15) is 0 Å². The second kappa shape index (κ2) is 12.9. The van der Waals surface area contributed by atoms with Crippen molar-refractivity contribution in [1.82, 2.24) is 9.80 Å². The number of benzene rings is 4. The van der Waals surface area contributed by atoms with Gasteiger partial charge in [0.05, 0.1) is 18.8 Å². The third kappa shape index (κ3) is 6.70. The Labute approximate surface area is 274 Å². The highest BCUT2D eigenvalue weighted by Gasteiger charge is 2.43. The van der Waals surface area contributed by atoms with Gasteiger partial charge in [-0.1, -0.05) is 84.9 Å². The van der Waals surface area contributed by atoms with Crippen LogP contribution in [-0.2, 0) is 40.1 Å². The second-order valence-corrected chi connectivity index (χ2v) is 13.2. The van der Waals surface area contributed by atoms with Crippen molar-refractivity contribution in [3.05, 3.63) is 113 Å². The fourth-order valence-electron chi connectivity index (χ4n) is 6.66. The Kier molecular flexibility index (Phi) is 8.73. The highest BCUT2D eigenvalue weighted by molar-refractivity contribution is 6.02. The van der Waals surface area contributed by atoms with Crippen LogP contribution in [0.4, 0.5) is 15.3 Å². The van der Waals surface area contributed by atoms with Crippen LogP contribution in [0, 0.1) is 0 Å². The predicted molar refractivity (Wildman–Crippen MR) is 179 cm³/mol. The second-order valence-electron chi connectivity index (χ2n) is 13.2. The lowest BCUT2D eigenvalue weighted by Gasteiger charge is -2.36. The molecule has 47 heavy (non-hydrogen) atoms. The molecule has 1 unspecified atom stereocenters. The molecule has 0 radical (unpaired) electrons. The van der Waals surface area contributed by atoms with E-state index in [0.29, 0.717) is 12.1 Å². The van der Waals surface area contributed by atoms with E-state index < -0.39 is 29.9 Å². The van der Waals surface area contributed by atoms with Crippen LogP contribution in [0.3, 0.4) is 0 Å². The van der Waals surface area contributed by atoms with Gasteiger partial charge in [-0.15, -0.1) is 0 Å². The molecular weight excluding hydrogens is 594 g/mol. The van der Waals surface area contributed by atoms with Crippen LogP contribution >= 0.6 is 0 Å². The molecule has 0 bridgehead atoms. The van der Waals surface area contributed by atoms with Gasteiger partial charge in [0.15, 0.2) is 5.78 Å². The molecule has 2 aliphatic rings. The molecule has 9 nitrogen and oxygen atoms in total. The van der Waals surface area contributed by atoms with Crippen molar-refractivity contribution < 1.29 is 29.0 Å². The topological polar surface area (TPSA) is 107 Å². The largest absolute Gasteiger partial charge is 0.465 e. The first-order chi connectivity index (χ1) is 22.5. The number of fused-ring (bicyclic) bond motifs is 4. The van der Waals surface area contributed by atoms with Gasteiger partial charge in [0.25, 0.3) is 0 Å². The summed E-state index contributed by atoms with van der Waals surface area (Å²) in [4.78, 5) is 58.8. The lowest BCUT2D eigenvalue weighted by atomic mass is 9.88. The molecule has 1 N–H and O–H groups in total. The molecule has 4 aromatic carbocycles. The smallest absolute Gasteiger partial charge is 0.415 e. The van der Waals surface area contributed by atoms with Gasteiger partial charge in [-0.25, -0.2) is 9.59 Å². The molecule has 2 atom stereocenters. The van der Waals surface area contributed by atoms with E-state index >= 15 is 0 Å². The molecule has 0 aliphatic carbocycles. The van der Waals surface area contributed by atoms with Crippen molar-refractivity contribution in [3.63, 3.8) is 0 Å². The van der Waals surface area contributed by atoms with Crippen LogP contribution in [0.25, 0.3) is 10.8 Å². The number of hydrogen-bond donors (Lipinski definition) is 1. The predicted octanol–water partition coefficient (Wildman–Crippen LogP) is 6.25. The zero-order valence-electron chi connectivity index (χ0n) is 26.9. The molecule has 2 heterocycles. The number of Topliss-reactive ketones (excluding diaryl/α,β-unsaturated/α-hetero) is 1. The van der Waals surface area contributed by atoms with E-state index in [1.165, 1.54) is 14.7 Å². The van der Waals surface area contributed by atoms with Crippen LogP contribution in [-0.4, -0.2) is 69.6 Å². The van der Waals surface area contributed by atoms with E-state index in [1.807, 2.05) is 84.9 Å². The molecule has 0 saturated heterocycles. The molecule has 0 fully saturated rings. The minimum Gasteiger partial charge on any atom is -0.465 e. The molecule has 3 amide bonds. The van der Waals surface area contributed by atoms with E-state index in [0.717, 1.165) is 33.0 Å². The van der Waals surface area contributed by atoms with E-state index in [2.05, 4.69) is 0 Å². The van der Waals surface area contributed by atoms with E-state index in [1.54, 1.807) is 26.8 Å². The number of hydrogen-bond acceptors (Lipinski definition) is 5. The number of carboxylic acid groups (broad SMARTS) is 1. The normalized spacial score (nSPS) is 17.2. The Morgan fingerprint density at radius 1 is 0.830 bits per heavy atom. The Morgan fingerprint density at radius 2 is 1.53 bits per heavy atom. The summed E-state index contributed by atoms with van der Waals surface area (Å²) in [6, 6.07) is 26.9. The third-order valence-corrected chi connectivity index (χ3v) is 8.89. The Balaban J connectivity index is 1.32. The number of nitrogens with zero attached hydrogens (tertiary/aromatic N) is 3. The Hall–Kier alpha value is -5.18. The number of carbonyl (C=O) groups excluding carboxylic acids is 3. The summed E-state index contributed by atoms with van der Waals surface area (Å²) in [5, 5.41) is 12.2. The first-order valence-corrected chi connectivity index (χ1v) is 15.9. The maximum Gasteiger partial charge on any atom is 0.415 e. The van der Waals surface area contributed by atoms with Crippen LogP contribution in [0.1, 0.15) is 43.0 Å². The summed E-state index contributed by atoms with van der Waals surface area (Å²) in [6.45, 7) is 5.31. The number of ether oxygens (including phenoxy) is 1. The van der Waals surface area contributed by atoms with Crippen molar-refractivity contribution in [1.29, 1.82) is 0 Å². The van der Waals surface area contributed by atoms with Gasteiger partial charge in [-0.05, 0) is 66.3 Å². The molecular formula is C38H39N3O6. The van der Waals surface area contributed by atoms with E-state index in [9.17, 15) is 24.3 Å². The van der Waals surface area contributed by atoms with E-state index in [-0.39, 0.29) is 44.2 Å². The maximum atomic E-state index is 14.5. The van der Waals surface area contributed by atoms with Gasteiger partial charge in [0.1, 0.15) is 17.7 Å². The monoisotopic (exact) mass is 633 g/mol. The molecule has 4 aromatic rings. The van der Waals surface area contributed by atoms with Gasteiger partial charge < -0.3 is 14.7 Å². The van der Waals surface area contributed by atoms with E-state index in [4.69, 9.17) is 4.74 Å². The van der Waals surface area contributed by atoms with Crippen molar-refractivity contribution in [2.75, 3.05) is 18.0 Å². The molecule has 0 saturated carbocycles. The summed E-state index contributed by atoms with van der Waals surface area (Å²) < 4.78 is 5.73. The lowest BCUT2D eigenvalue weighted by molar-refractivity contribution is -0.138. The Morgan fingerprint density at radius 3 is 2.28 bits per heavy atom. The molecule has 242 valence electrons. The number of rotatable bonds is 7. The summed E-state index contributed by atoms with van der Waals surface area (Å²) in [5.74, 6) is -0.758. The number of anilines is 1. The standard InChI is InChI=1S/C38H39N3O6/c1-38(2,3)47-37(46)41-31-16-10-8-14-27(31)21-33(41)35(43)39(20-19-25-11-5-4-6-12-25)24-34(42)32-22-30-28(23-40(32)36(44)45)18-17-26-13-7-9-15-29(26)30/h4-18,32-33H,19-24H2,1-3H3,(H,44,45)/t32?,33-/m1/s1. The highest BCUT2D eigenvalue weighted by atomic mass is 16.6. The van der Waals surface area contributed by atoms with Gasteiger partial charge >= 0.3 is 12.2 Å². The minimum atomic E-state index is -1.19. The zero-order valence-corrected chi connectivity index (χ0v) is 26.9. The Bertz CT molecular complexity index is 1830. The van der Waals surface area contributed by atoms with Crippen molar-refractivity contribution >= 4 is 40.3 Å². The zero-order chi connectivity index (χ0) is 33.3. The fourth-order valence-corrected chi connectivity index (χ4v) is 6.66. The summed E-state index contributed by atoms with van der Waals surface area (Å²) in [5.41, 5.74) is 3.45.